The van der Waals surface area contributed by atoms with E-state index in [4.69, 9.17) is 20.8 Å². The lowest BCUT2D eigenvalue weighted by Gasteiger charge is -2.04. The number of carbonyl (C=O) groups is 1. The minimum absolute atomic E-state index is 0.268. The molecule has 0 saturated carbocycles. The second-order valence-corrected chi connectivity index (χ2v) is 4.93. The molecule has 2 aromatic carbocycles. The van der Waals surface area contributed by atoms with Gasteiger partial charge in [-0.2, -0.15) is 4.57 Å². The van der Waals surface area contributed by atoms with Crippen LogP contribution in [0.25, 0.3) is 11.1 Å². The summed E-state index contributed by atoms with van der Waals surface area (Å²) >= 11 is 5.87. The van der Waals surface area contributed by atoms with E-state index in [0.29, 0.717) is 10.8 Å². The van der Waals surface area contributed by atoms with Crippen LogP contribution in [0.3, 0.4) is 0 Å². The van der Waals surface area contributed by atoms with Gasteiger partial charge in [0.2, 0.25) is 0 Å². The van der Waals surface area contributed by atoms with Crippen LogP contribution < -0.4 is 10.5 Å². The summed E-state index contributed by atoms with van der Waals surface area (Å²) in [6.45, 7) is 1.92. The zero-order chi connectivity index (χ0) is 15.0. The summed E-state index contributed by atoms with van der Waals surface area (Å²) in [4.78, 5) is 23.9. The fourth-order valence-corrected chi connectivity index (χ4v) is 2.08. The highest BCUT2D eigenvalue weighted by molar-refractivity contribution is 6.31. The van der Waals surface area contributed by atoms with Crippen LogP contribution in [0.1, 0.15) is 5.56 Å². The summed E-state index contributed by atoms with van der Waals surface area (Å²) in [6, 6.07) is 11.5. The molecule has 0 spiro atoms. The SMILES string of the molecule is Cc1ccc(OC(=O)n2c(=O)oc3ccc(Cl)cc32)cc1. The first-order valence-electron chi connectivity index (χ1n) is 6.14. The Labute approximate surface area is 124 Å². The van der Waals surface area contributed by atoms with Crippen LogP contribution in [-0.4, -0.2) is 10.7 Å². The topological polar surface area (TPSA) is 61.4 Å². The molecule has 0 N–H and O–H groups in total. The molecular formula is C15H10ClNO4. The van der Waals surface area contributed by atoms with Gasteiger partial charge in [0.1, 0.15) is 11.3 Å². The lowest BCUT2D eigenvalue weighted by Crippen LogP contribution is -2.26. The Bertz CT molecular complexity index is 877. The Morgan fingerprint density at radius 3 is 2.62 bits per heavy atom. The first kappa shape index (κ1) is 13.5. The maximum absolute atomic E-state index is 12.1. The highest BCUT2D eigenvalue weighted by Gasteiger charge is 2.18. The molecule has 0 bridgehead atoms. The van der Waals surface area contributed by atoms with Crippen LogP contribution in [0.4, 0.5) is 4.79 Å². The predicted molar refractivity (Wildman–Crippen MR) is 78.1 cm³/mol. The average molecular weight is 304 g/mol. The maximum Gasteiger partial charge on any atom is 0.429 e. The Morgan fingerprint density at radius 2 is 1.90 bits per heavy atom. The van der Waals surface area contributed by atoms with Gasteiger partial charge < -0.3 is 9.15 Å². The molecule has 0 atom stereocenters. The van der Waals surface area contributed by atoms with Gasteiger partial charge in [-0.1, -0.05) is 29.3 Å². The van der Waals surface area contributed by atoms with Crippen molar-refractivity contribution in [2.45, 2.75) is 6.92 Å². The number of rotatable bonds is 1. The number of carbonyl (C=O) groups excluding carboxylic acids is 1. The molecule has 0 amide bonds. The van der Waals surface area contributed by atoms with E-state index in [2.05, 4.69) is 0 Å². The van der Waals surface area contributed by atoms with Crippen molar-refractivity contribution < 1.29 is 13.9 Å². The monoisotopic (exact) mass is 303 g/mol. The van der Waals surface area contributed by atoms with Crippen molar-refractivity contribution in [2.24, 2.45) is 0 Å². The highest BCUT2D eigenvalue weighted by atomic mass is 35.5. The number of nitrogens with zero attached hydrogens (tertiary/aromatic N) is 1. The van der Waals surface area contributed by atoms with Crippen molar-refractivity contribution in [2.75, 3.05) is 0 Å². The lowest BCUT2D eigenvalue weighted by molar-refractivity contribution is 0.201. The Hall–Kier alpha value is -2.53. The van der Waals surface area contributed by atoms with Gasteiger partial charge in [-0.3, -0.25) is 0 Å². The van der Waals surface area contributed by atoms with Gasteiger partial charge in [-0.25, -0.2) is 9.59 Å². The van der Waals surface area contributed by atoms with Crippen LogP contribution in [0.15, 0.2) is 51.7 Å². The molecule has 106 valence electrons. The first-order valence-corrected chi connectivity index (χ1v) is 6.52. The summed E-state index contributed by atoms with van der Waals surface area (Å²) in [5.41, 5.74) is 1.57. The van der Waals surface area contributed by atoms with E-state index in [-0.39, 0.29) is 11.1 Å². The van der Waals surface area contributed by atoms with Crippen LogP contribution in [0.2, 0.25) is 5.02 Å². The van der Waals surface area contributed by atoms with E-state index in [1.54, 1.807) is 30.3 Å². The van der Waals surface area contributed by atoms with Crippen molar-refractivity contribution in [3.63, 3.8) is 0 Å². The maximum atomic E-state index is 12.1. The van der Waals surface area contributed by atoms with Gasteiger partial charge in [0.25, 0.3) is 0 Å². The molecule has 21 heavy (non-hydrogen) atoms. The van der Waals surface area contributed by atoms with Crippen LogP contribution in [-0.2, 0) is 0 Å². The quantitative estimate of drug-likeness (QED) is 0.689. The summed E-state index contributed by atoms with van der Waals surface area (Å²) in [5.74, 6) is -0.474. The fraction of sp³-hybridized carbons (Fsp3) is 0.0667. The third-order valence-electron chi connectivity index (χ3n) is 2.95. The van der Waals surface area contributed by atoms with E-state index in [1.807, 2.05) is 6.92 Å². The molecule has 5 nitrogen and oxygen atoms in total. The fourth-order valence-electron chi connectivity index (χ4n) is 1.92. The van der Waals surface area contributed by atoms with Gasteiger partial charge in [0, 0.05) is 5.02 Å². The molecule has 0 radical (unpaired) electrons. The van der Waals surface area contributed by atoms with Crippen LogP contribution >= 0.6 is 11.6 Å². The summed E-state index contributed by atoms with van der Waals surface area (Å²) in [5, 5.41) is 0.389. The van der Waals surface area contributed by atoms with E-state index in [1.165, 1.54) is 12.1 Å². The zero-order valence-corrected chi connectivity index (χ0v) is 11.8. The van der Waals surface area contributed by atoms with Gasteiger partial charge in [0.15, 0.2) is 5.58 Å². The molecule has 3 rings (SSSR count). The number of hydrogen-bond acceptors (Lipinski definition) is 4. The lowest BCUT2D eigenvalue weighted by atomic mass is 10.2. The minimum Gasteiger partial charge on any atom is -0.410 e. The Balaban J connectivity index is 2.01. The van der Waals surface area contributed by atoms with Crippen LogP contribution in [0.5, 0.6) is 5.75 Å². The van der Waals surface area contributed by atoms with Gasteiger partial charge in [-0.15, -0.1) is 0 Å². The van der Waals surface area contributed by atoms with Crippen molar-refractivity contribution in [1.29, 1.82) is 0 Å². The minimum atomic E-state index is -0.843. The van der Waals surface area contributed by atoms with E-state index in [9.17, 15) is 9.59 Å². The number of aryl methyl sites for hydroxylation is 1. The molecule has 3 aromatic rings. The third-order valence-corrected chi connectivity index (χ3v) is 3.19. The number of ether oxygens (including phenoxy) is 1. The normalized spacial score (nSPS) is 10.8. The molecular weight excluding hydrogens is 294 g/mol. The van der Waals surface area contributed by atoms with Gasteiger partial charge in [0.05, 0.1) is 0 Å². The van der Waals surface area contributed by atoms with Crippen LogP contribution in [0, 0.1) is 6.92 Å². The first-order chi connectivity index (χ1) is 10.0. The molecule has 0 unspecified atom stereocenters. The van der Waals surface area contributed by atoms with Gasteiger partial charge in [-0.05, 0) is 37.3 Å². The Kier molecular flexibility index (Phi) is 3.27. The van der Waals surface area contributed by atoms with E-state index < -0.39 is 11.8 Å². The molecule has 6 heteroatoms. The average Bonchev–Trinajstić information content (AvgIpc) is 2.76. The number of aromatic nitrogens is 1. The van der Waals surface area contributed by atoms with Crippen molar-refractivity contribution >= 4 is 28.8 Å². The number of halogens is 1. The number of fused-ring (bicyclic) bond motifs is 1. The molecule has 0 aliphatic heterocycles. The second kappa shape index (κ2) is 5.10. The molecule has 0 fully saturated rings. The van der Waals surface area contributed by atoms with E-state index >= 15 is 0 Å². The molecule has 0 saturated heterocycles. The molecule has 1 heterocycles. The molecule has 0 aliphatic rings. The van der Waals surface area contributed by atoms with Crippen molar-refractivity contribution in [3.8, 4) is 5.75 Å². The summed E-state index contributed by atoms with van der Waals surface area (Å²) in [6.07, 6.45) is -0.843. The smallest absolute Gasteiger partial charge is 0.410 e. The summed E-state index contributed by atoms with van der Waals surface area (Å²) < 4.78 is 11.0. The third kappa shape index (κ3) is 2.55. The summed E-state index contributed by atoms with van der Waals surface area (Å²) in [7, 11) is 0. The molecule has 1 aromatic heterocycles. The second-order valence-electron chi connectivity index (χ2n) is 4.50. The standard InChI is InChI=1S/C15H10ClNO4/c1-9-2-5-11(6-3-9)20-14(18)17-12-8-10(16)4-7-13(12)21-15(17)19/h2-8H,1H3. The van der Waals surface area contributed by atoms with Crippen molar-refractivity contribution in [1.82, 2.24) is 4.57 Å². The number of oxazole rings is 1. The number of hydrogen-bond donors (Lipinski definition) is 0. The van der Waals surface area contributed by atoms with Crippen molar-refractivity contribution in [3.05, 3.63) is 63.6 Å². The Morgan fingerprint density at radius 1 is 1.19 bits per heavy atom. The zero-order valence-electron chi connectivity index (χ0n) is 11.0. The van der Waals surface area contributed by atoms with Gasteiger partial charge >= 0.3 is 11.8 Å². The number of benzene rings is 2. The molecule has 0 aliphatic carbocycles. The largest absolute Gasteiger partial charge is 0.429 e. The highest BCUT2D eigenvalue weighted by Crippen LogP contribution is 2.19. The predicted octanol–water partition coefficient (Wildman–Crippen LogP) is 3.60. The van der Waals surface area contributed by atoms with E-state index in [0.717, 1.165) is 10.1 Å².